The second-order valence-electron chi connectivity index (χ2n) is 5.95. The molecule has 0 spiro atoms. The predicted molar refractivity (Wildman–Crippen MR) is 93.4 cm³/mol. The van der Waals surface area contributed by atoms with Crippen molar-refractivity contribution in [3.63, 3.8) is 0 Å². The Hall–Kier alpha value is -2.62. The van der Waals surface area contributed by atoms with E-state index in [1.807, 2.05) is 12.1 Å². The molecule has 3 rings (SSSR count). The Balaban J connectivity index is 1.75. The summed E-state index contributed by atoms with van der Waals surface area (Å²) in [6.07, 6.45) is 4.53. The monoisotopic (exact) mass is 323 g/mol. The molecule has 2 aromatic rings. The molecule has 1 aliphatic carbocycles. The molecular weight excluding hydrogens is 302 g/mol. The summed E-state index contributed by atoms with van der Waals surface area (Å²) in [6, 6.07) is 12.7. The van der Waals surface area contributed by atoms with Gasteiger partial charge in [0.2, 0.25) is 0 Å². The van der Waals surface area contributed by atoms with Crippen molar-refractivity contribution in [2.45, 2.75) is 32.6 Å². The number of hydrogen-bond donors (Lipinski definition) is 1. The van der Waals surface area contributed by atoms with Gasteiger partial charge in [-0.3, -0.25) is 4.79 Å². The summed E-state index contributed by atoms with van der Waals surface area (Å²) in [5, 5.41) is 2.86. The lowest BCUT2D eigenvalue weighted by Crippen LogP contribution is -2.14. The summed E-state index contributed by atoms with van der Waals surface area (Å²) in [6.45, 7) is 2.09. The molecule has 2 aromatic carbocycles. The SMILES string of the molecule is CCOC(=O)c1cccc(NC(=O)c2ccc3c(c2)CCCC3)c1. The van der Waals surface area contributed by atoms with Gasteiger partial charge < -0.3 is 10.1 Å². The molecule has 1 N–H and O–H groups in total. The number of benzene rings is 2. The van der Waals surface area contributed by atoms with Crippen molar-refractivity contribution in [3.8, 4) is 0 Å². The molecule has 0 aliphatic heterocycles. The minimum absolute atomic E-state index is 0.163. The Bertz CT molecular complexity index is 767. The van der Waals surface area contributed by atoms with Gasteiger partial charge >= 0.3 is 5.97 Å². The fraction of sp³-hybridized carbons (Fsp3) is 0.300. The van der Waals surface area contributed by atoms with E-state index in [0.717, 1.165) is 12.8 Å². The van der Waals surface area contributed by atoms with Gasteiger partial charge in [-0.05, 0) is 74.1 Å². The number of fused-ring (bicyclic) bond motifs is 1. The van der Waals surface area contributed by atoms with Gasteiger partial charge in [0.05, 0.1) is 12.2 Å². The highest BCUT2D eigenvalue weighted by atomic mass is 16.5. The highest BCUT2D eigenvalue weighted by molar-refractivity contribution is 6.05. The zero-order chi connectivity index (χ0) is 16.9. The topological polar surface area (TPSA) is 55.4 Å². The maximum Gasteiger partial charge on any atom is 0.338 e. The third-order valence-electron chi connectivity index (χ3n) is 4.24. The summed E-state index contributed by atoms with van der Waals surface area (Å²) < 4.78 is 4.98. The molecule has 24 heavy (non-hydrogen) atoms. The van der Waals surface area contributed by atoms with E-state index >= 15 is 0 Å². The average molecular weight is 323 g/mol. The van der Waals surface area contributed by atoms with Crippen molar-refractivity contribution in [3.05, 3.63) is 64.7 Å². The number of amides is 1. The van der Waals surface area contributed by atoms with Crippen molar-refractivity contribution in [1.29, 1.82) is 0 Å². The first-order valence-electron chi connectivity index (χ1n) is 8.37. The van der Waals surface area contributed by atoms with Crippen molar-refractivity contribution >= 4 is 17.6 Å². The standard InChI is InChI=1S/C20H21NO3/c1-2-24-20(23)17-8-5-9-18(13-17)21-19(22)16-11-10-14-6-3-4-7-15(14)12-16/h5,8-13H,2-4,6-7H2,1H3,(H,21,22). The second kappa shape index (κ2) is 7.30. The van der Waals surface area contributed by atoms with Crippen molar-refractivity contribution in [2.24, 2.45) is 0 Å². The van der Waals surface area contributed by atoms with Crippen molar-refractivity contribution in [2.75, 3.05) is 11.9 Å². The Morgan fingerprint density at radius 3 is 2.58 bits per heavy atom. The molecule has 0 fully saturated rings. The van der Waals surface area contributed by atoms with Gasteiger partial charge in [-0.2, -0.15) is 0 Å². The molecule has 0 saturated heterocycles. The summed E-state index contributed by atoms with van der Waals surface area (Å²) in [5.74, 6) is -0.549. The maximum atomic E-state index is 12.5. The predicted octanol–water partition coefficient (Wildman–Crippen LogP) is 3.99. The molecular formula is C20H21NO3. The summed E-state index contributed by atoms with van der Waals surface area (Å²) in [4.78, 5) is 24.3. The van der Waals surface area contributed by atoms with Gasteiger partial charge in [0.1, 0.15) is 0 Å². The Labute approximate surface area is 141 Å². The third-order valence-corrected chi connectivity index (χ3v) is 4.24. The van der Waals surface area contributed by atoms with Crippen LogP contribution in [-0.2, 0) is 17.6 Å². The molecule has 0 aromatic heterocycles. The number of carbonyl (C=O) groups is 2. The number of nitrogens with one attached hydrogen (secondary N) is 1. The lowest BCUT2D eigenvalue weighted by molar-refractivity contribution is 0.0526. The van der Waals surface area contributed by atoms with E-state index in [4.69, 9.17) is 4.74 Å². The minimum Gasteiger partial charge on any atom is -0.462 e. The zero-order valence-corrected chi connectivity index (χ0v) is 13.8. The van der Waals surface area contributed by atoms with Gasteiger partial charge in [-0.25, -0.2) is 4.79 Å². The van der Waals surface area contributed by atoms with Crippen LogP contribution >= 0.6 is 0 Å². The van der Waals surface area contributed by atoms with Gasteiger partial charge in [-0.1, -0.05) is 12.1 Å². The normalized spacial score (nSPS) is 13.0. The molecule has 0 heterocycles. The van der Waals surface area contributed by atoms with Crippen molar-refractivity contribution < 1.29 is 14.3 Å². The number of rotatable bonds is 4. The quantitative estimate of drug-likeness (QED) is 0.865. The van der Waals surface area contributed by atoms with Crippen LogP contribution in [0.2, 0.25) is 0 Å². The van der Waals surface area contributed by atoms with Crippen LogP contribution in [0.15, 0.2) is 42.5 Å². The second-order valence-corrected chi connectivity index (χ2v) is 5.95. The van der Waals surface area contributed by atoms with Gasteiger partial charge in [0.15, 0.2) is 0 Å². The van der Waals surface area contributed by atoms with E-state index in [1.54, 1.807) is 31.2 Å². The van der Waals surface area contributed by atoms with Crippen LogP contribution in [0.25, 0.3) is 0 Å². The molecule has 0 saturated carbocycles. The Morgan fingerprint density at radius 1 is 1.00 bits per heavy atom. The van der Waals surface area contributed by atoms with Gasteiger partial charge in [0.25, 0.3) is 5.91 Å². The van der Waals surface area contributed by atoms with E-state index in [0.29, 0.717) is 23.4 Å². The lowest BCUT2D eigenvalue weighted by Gasteiger charge is -2.16. The number of anilines is 1. The summed E-state index contributed by atoms with van der Waals surface area (Å²) in [7, 11) is 0. The minimum atomic E-state index is -0.387. The van der Waals surface area contributed by atoms with Crippen molar-refractivity contribution in [1.82, 2.24) is 0 Å². The third kappa shape index (κ3) is 3.65. The molecule has 1 aliphatic rings. The first-order chi connectivity index (χ1) is 11.7. The molecule has 0 radical (unpaired) electrons. The maximum absolute atomic E-state index is 12.5. The first kappa shape index (κ1) is 16.2. The molecule has 0 bridgehead atoms. The van der Waals surface area contributed by atoms with Crippen LogP contribution in [0.1, 0.15) is 51.6 Å². The molecule has 124 valence electrons. The summed E-state index contributed by atoms with van der Waals surface area (Å²) in [5.41, 5.74) is 4.29. The Morgan fingerprint density at radius 2 is 1.79 bits per heavy atom. The smallest absolute Gasteiger partial charge is 0.338 e. The number of esters is 1. The first-order valence-corrected chi connectivity index (χ1v) is 8.37. The van der Waals surface area contributed by atoms with Crippen LogP contribution in [0, 0.1) is 0 Å². The zero-order valence-electron chi connectivity index (χ0n) is 13.8. The van der Waals surface area contributed by atoms with Gasteiger partial charge in [-0.15, -0.1) is 0 Å². The van der Waals surface area contributed by atoms with Crippen LogP contribution in [0.3, 0.4) is 0 Å². The average Bonchev–Trinajstić information content (AvgIpc) is 2.61. The lowest BCUT2D eigenvalue weighted by atomic mass is 9.90. The van der Waals surface area contributed by atoms with Crippen LogP contribution < -0.4 is 5.32 Å². The van der Waals surface area contributed by atoms with E-state index in [2.05, 4.69) is 11.4 Å². The fourth-order valence-corrected chi connectivity index (χ4v) is 3.02. The van der Waals surface area contributed by atoms with E-state index < -0.39 is 0 Å². The highest BCUT2D eigenvalue weighted by Gasteiger charge is 2.14. The highest BCUT2D eigenvalue weighted by Crippen LogP contribution is 2.23. The number of hydrogen-bond acceptors (Lipinski definition) is 3. The molecule has 0 atom stereocenters. The van der Waals surface area contributed by atoms with E-state index in [-0.39, 0.29) is 11.9 Å². The van der Waals surface area contributed by atoms with Crippen LogP contribution in [-0.4, -0.2) is 18.5 Å². The van der Waals surface area contributed by atoms with E-state index in [1.165, 1.54) is 24.0 Å². The number of ether oxygens (including phenoxy) is 1. The van der Waals surface area contributed by atoms with Crippen LogP contribution in [0.5, 0.6) is 0 Å². The van der Waals surface area contributed by atoms with Gasteiger partial charge in [0, 0.05) is 11.3 Å². The number of carbonyl (C=O) groups excluding carboxylic acids is 2. The number of aryl methyl sites for hydroxylation is 2. The largest absolute Gasteiger partial charge is 0.462 e. The molecule has 1 amide bonds. The van der Waals surface area contributed by atoms with Crippen LogP contribution in [0.4, 0.5) is 5.69 Å². The fourth-order valence-electron chi connectivity index (χ4n) is 3.02. The molecule has 4 nitrogen and oxygen atoms in total. The molecule has 4 heteroatoms. The Kier molecular flexibility index (Phi) is 4.94. The summed E-state index contributed by atoms with van der Waals surface area (Å²) >= 11 is 0. The van der Waals surface area contributed by atoms with E-state index in [9.17, 15) is 9.59 Å². The molecule has 0 unspecified atom stereocenters.